The second-order valence-electron chi connectivity index (χ2n) is 5.82. The molecule has 0 radical (unpaired) electrons. The number of likely N-dealkylation sites (tertiary alicyclic amines) is 1. The molecule has 0 bridgehead atoms. The quantitative estimate of drug-likeness (QED) is 0.610. The fourth-order valence-electron chi connectivity index (χ4n) is 3.21. The van der Waals surface area contributed by atoms with E-state index in [0.29, 0.717) is 6.42 Å². The first-order valence-electron chi connectivity index (χ1n) is 7.69. The Kier molecular flexibility index (Phi) is 7.11. The average molecular weight is 324 g/mol. The van der Waals surface area contributed by atoms with E-state index < -0.39 is 5.60 Å². The molecule has 122 valence electrons. The van der Waals surface area contributed by atoms with E-state index in [4.69, 9.17) is 4.74 Å². The molecule has 2 atom stereocenters. The van der Waals surface area contributed by atoms with E-state index in [1.54, 1.807) is 0 Å². The molecule has 4 heteroatoms. The lowest BCUT2D eigenvalue weighted by Gasteiger charge is -2.46. The maximum absolute atomic E-state index is 12.0. The lowest BCUT2D eigenvalue weighted by atomic mass is 9.74. The molecule has 0 saturated carbocycles. The summed E-state index contributed by atoms with van der Waals surface area (Å²) in [4.78, 5) is 14.3. The van der Waals surface area contributed by atoms with Crippen molar-refractivity contribution in [1.82, 2.24) is 4.90 Å². The predicted molar refractivity (Wildman–Crippen MR) is 92.2 cm³/mol. The maximum Gasteiger partial charge on any atom is 0.306 e. The number of halogens is 1. The summed E-state index contributed by atoms with van der Waals surface area (Å²) in [6.45, 7) is 7.57. The standard InChI is InChI=1S/C18H25NO2.ClH/c1-4-9-16-14-19(3)13-12-18(16,21-17(20)5-2)15-10-7-6-8-11-15;/h4,6-8,10-11,16H,1,5,9,12-14H2,2-3H3;1H/t16-,18+;/m1./s1. The van der Waals surface area contributed by atoms with Crippen molar-refractivity contribution in [1.29, 1.82) is 0 Å². The molecule has 0 amide bonds. The van der Waals surface area contributed by atoms with Crippen LogP contribution in [0.25, 0.3) is 0 Å². The van der Waals surface area contributed by atoms with E-state index in [2.05, 4.69) is 30.7 Å². The van der Waals surface area contributed by atoms with Crippen LogP contribution in [0.1, 0.15) is 31.7 Å². The van der Waals surface area contributed by atoms with Gasteiger partial charge in [-0.05, 0) is 19.0 Å². The zero-order valence-electron chi connectivity index (χ0n) is 13.5. The third kappa shape index (κ3) is 3.90. The summed E-state index contributed by atoms with van der Waals surface area (Å²) in [5.41, 5.74) is 0.585. The van der Waals surface area contributed by atoms with Crippen LogP contribution in [0.15, 0.2) is 43.0 Å². The Labute approximate surface area is 139 Å². The molecule has 0 aliphatic carbocycles. The largest absolute Gasteiger partial charge is 0.454 e. The van der Waals surface area contributed by atoms with Crippen LogP contribution >= 0.6 is 12.4 Å². The minimum absolute atomic E-state index is 0. The predicted octanol–water partition coefficient (Wildman–Crippen LogP) is 3.78. The molecule has 1 aliphatic rings. The van der Waals surface area contributed by atoms with Gasteiger partial charge in [-0.15, -0.1) is 19.0 Å². The van der Waals surface area contributed by atoms with Crippen LogP contribution in [0, 0.1) is 5.92 Å². The maximum atomic E-state index is 12.0. The normalized spacial score (nSPS) is 25.1. The molecule has 0 aromatic heterocycles. The third-order valence-corrected chi connectivity index (χ3v) is 4.35. The van der Waals surface area contributed by atoms with Gasteiger partial charge in [0, 0.05) is 31.8 Å². The lowest BCUT2D eigenvalue weighted by Crippen LogP contribution is -2.51. The third-order valence-electron chi connectivity index (χ3n) is 4.35. The number of piperidine rings is 1. The Balaban J connectivity index is 0.00000242. The molecule has 3 nitrogen and oxygen atoms in total. The van der Waals surface area contributed by atoms with Crippen LogP contribution in [0.5, 0.6) is 0 Å². The summed E-state index contributed by atoms with van der Waals surface area (Å²) >= 11 is 0. The Morgan fingerprint density at radius 3 is 2.73 bits per heavy atom. The van der Waals surface area contributed by atoms with Gasteiger partial charge in [-0.25, -0.2) is 0 Å². The van der Waals surface area contributed by atoms with Crippen molar-refractivity contribution >= 4 is 18.4 Å². The number of rotatable bonds is 5. The second-order valence-corrected chi connectivity index (χ2v) is 5.82. The van der Waals surface area contributed by atoms with Crippen LogP contribution in [0.4, 0.5) is 0 Å². The number of ether oxygens (including phenoxy) is 1. The van der Waals surface area contributed by atoms with Crippen LogP contribution in [-0.2, 0) is 15.1 Å². The van der Waals surface area contributed by atoms with Gasteiger partial charge >= 0.3 is 5.97 Å². The van der Waals surface area contributed by atoms with E-state index >= 15 is 0 Å². The first-order chi connectivity index (χ1) is 10.1. The molecule has 0 spiro atoms. The van der Waals surface area contributed by atoms with Crippen LogP contribution in [0.3, 0.4) is 0 Å². The highest BCUT2D eigenvalue weighted by Gasteiger charge is 2.46. The van der Waals surface area contributed by atoms with Gasteiger partial charge in [-0.1, -0.05) is 43.3 Å². The number of esters is 1. The fraction of sp³-hybridized carbons (Fsp3) is 0.500. The van der Waals surface area contributed by atoms with Gasteiger partial charge in [0.2, 0.25) is 0 Å². The Morgan fingerprint density at radius 1 is 1.45 bits per heavy atom. The summed E-state index contributed by atoms with van der Waals surface area (Å²) in [5, 5.41) is 0. The highest BCUT2D eigenvalue weighted by atomic mass is 35.5. The van der Waals surface area contributed by atoms with Gasteiger partial charge in [-0.2, -0.15) is 0 Å². The molecule has 1 saturated heterocycles. The summed E-state index contributed by atoms with van der Waals surface area (Å²) in [6, 6.07) is 10.2. The van der Waals surface area contributed by atoms with Crippen LogP contribution in [-0.4, -0.2) is 31.0 Å². The van der Waals surface area contributed by atoms with Crippen LogP contribution in [0.2, 0.25) is 0 Å². The Morgan fingerprint density at radius 2 is 2.14 bits per heavy atom. The highest BCUT2D eigenvalue weighted by Crippen LogP contribution is 2.42. The zero-order valence-corrected chi connectivity index (χ0v) is 14.3. The molecule has 1 aromatic rings. The minimum Gasteiger partial charge on any atom is -0.454 e. The molecule has 22 heavy (non-hydrogen) atoms. The van der Waals surface area contributed by atoms with Gasteiger partial charge in [-0.3, -0.25) is 4.79 Å². The summed E-state index contributed by atoms with van der Waals surface area (Å²) in [6.07, 6.45) is 4.01. The zero-order chi connectivity index (χ0) is 15.3. The highest BCUT2D eigenvalue weighted by molar-refractivity contribution is 5.85. The molecule has 1 heterocycles. The molecule has 1 aromatic carbocycles. The number of benzene rings is 1. The molecular weight excluding hydrogens is 298 g/mol. The molecule has 0 unspecified atom stereocenters. The van der Waals surface area contributed by atoms with Gasteiger partial charge in [0.25, 0.3) is 0 Å². The molecular formula is C18H26ClNO2. The number of hydrogen-bond acceptors (Lipinski definition) is 3. The van der Waals surface area contributed by atoms with Crippen molar-refractivity contribution in [3.63, 3.8) is 0 Å². The van der Waals surface area contributed by atoms with Crippen molar-refractivity contribution in [3.8, 4) is 0 Å². The van der Waals surface area contributed by atoms with Gasteiger partial charge in [0.1, 0.15) is 5.60 Å². The van der Waals surface area contributed by atoms with E-state index in [1.807, 2.05) is 31.2 Å². The van der Waals surface area contributed by atoms with E-state index in [9.17, 15) is 4.79 Å². The van der Waals surface area contributed by atoms with E-state index in [-0.39, 0.29) is 24.3 Å². The van der Waals surface area contributed by atoms with Crippen molar-refractivity contribution < 1.29 is 9.53 Å². The minimum atomic E-state index is -0.519. The van der Waals surface area contributed by atoms with Gasteiger partial charge < -0.3 is 9.64 Å². The molecule has 2 rings (SSSR count). The SMILES string of the molecule is C=CC[C@@H]1CN(C)CC[C@]1(OC(=O)CC)c1ccccc1.Cl. The van der Waals surface area contributed by atoms with E-state index in [0.717, 1.165) is 31.5 Å². The Bertz CT molecular complexity index is 491. The summed E-state index contributed by atoms with van der Waals surface area (Å²) < 4.78 is 6.01. The number of carbonyl (C=O) groups excluding carboxylic acids is 1. The molecule has 1 fully saturated rings. The average Bonchev–Trinajstić information content (AvgIpc) is 2.51. The van der Waals surface area contributed by atoms with Crippen LogP contribution < -0.4 is 0 Å². The monoisotopic (exact) mass is 323 g/mol. The van der Waals surface area contributed by atoms with E-state index in [1.165, 1.54) is 0 Å². The number of carbonyl (C=O) groups is 1. The Hall–Kier alpha value is -1.32. The first-order valence-corrected chi connectivity index (χ1v) is 7.69. The smallest absolute Gasteiger partial charge is 0.306 e. The fourth-order valence-corrected chi connectivity index (χ4v) is 3.21. The second kappa shape index (κ2) is 8.35. The van der Waals surface area contributed by atoms with Gasteiger partial charge in [0.15, 0.2) is 0 Å². The summed E-state index contributed by atoms with van der Waals surface area (Å²) in [5.74, 6) is 0.115. The molecule has 0 N–H and O–H groups in total. The number of nitrogens with zero attached hydrogens (tertiary/aromatic N) is 1. The topological polar surface area (TPSA) is 29.5 Å². The first kappa shape index (κ1) is 18.7. The number of allylic oxidation sites excluding steroid dienone is 1. The van der Waals surface area contributed by atoms with Crippen molar-refractivity contribution in [2.45, 2.75) is 31.8 Å². The van der Waals surface area contributed by atoms with Crippen molar-refractivity contribution in [3.05, 3.63) is 48.6 Å². The van der Waals surface area contributed by atoms with Gasteiger partial charge in [0.05, 0.1) is 0 Å². The van der Waals surface area contributed by atoms with Crippen molar-refractivity contribution in [2.75, 3.05) is 20.1 Å². The number of hydrogen-bond donors (Lipinski definition) is 0. The lowest BCUT2D eigenvalue weighted by molar-refractivity contribution is -0.175. The molecule has 1 aliphatic heterocycles. The summed E-state index contributed by atoms with van der Waals surface area (Å²) in [7, 11) is 2.12. The van der Waals surface area contributed by atoms with Crippen molar-refractivity contribution in [2.24, 2.45) is 5.92 Å².